The van der Waals surface area contributed by atoms with Gasteiger partial charge in [-0.25, -0.2) is 0 Å². The molecule has 0 spiro atoms. The van der Waals surface area contributed by atoms with Crippen LogP contribution in [-0.2, 0) is 5.41 Å². The van der Waals surface area contributed by atoms with E-state index in [0.29, 0.717) is 0 Å². The van der Waals surface area contributed by atoms with Gasteiger partial charge < -0.3 is 4.57 Å². The molecule has 2 aliphatic rings. The van der Waals surface area contributed by atoms with E-state index >= 15 is 0 Å². The number of aromatic nitrogens is 1. The van der Waals surface area contributed by atoms with Crippen molar-refractivity contribution >= 4 is 43.7 Å². The van der Waals surface area contributed by atoms with Crippen LogP contribution in [0, 0.1) is 0 Å². The first-order chi connectivity index (χ1) is 22.4. The molecule has 9 rings (SSSR count). The van der Waals surface area contributed by atoms with Gasteiger partial charge in [0, 0.05) is 21.9 Å². The fraction of sp³-hybridized carbons (Fsp3) is 0.111. The minimum atomic E-state index is -0.0381. The van der Waals surface area contributed by atoms with Gasteiger partial charge in [-0.15, -0.1) is 0 Å². The van der Waals surface area contributed by atoms with Crippen LogP contribution in [0.4, 0.5) is 0 Å². The summed E-state index contributed by atoms with van der Waals surface area (Å²) in [5.41, 5.74) is 15.8. The maximum atomic E-state index is 3.66. The lowest BCUT2D eigenvalue weighted by Gasteiger charge is -2.25. The summed E-state index contributed by atoms with van der Waals surface area (Å²) < 4.78 is 2.38. The van der Waals surface area contributed by atoms with Crippen LogP contribution >= 0.6 is 0 Å². The second kappa shape index (κ2) is 10.6. The van der Waals surface area contributed by atoms with Crippen molar-refractivity contribution in [2.24, 2.45) is 0 Å². The first-order valence-electron chi connectivity index (χ1n) is 16.2. The van der Waals surface area contributed by atoms with Gasteiger partial charge in [0.15, 0.2) is 0 Å². The summed E-state index contributed by atoms with van der Waals surface area (Å²) in [6, 6.07) is 47.1. The minimum Gasteiger partial charge on any atom is -0.309 e. The molecule has 222 valence electrons. The molecule has 0 aliphatic heterocycles. The monoisotopic (exact) mass is 591 g/mol. The van der Waals surface area contributed by atoms with Crippen molar-refractivity contribution in [1.82, 2.24) is 4.57 Å². The maximum Gasteiger partial charge on any atom is 0.0541 e. The molecule has 0 radical (unpaired) electrons. The molecule has 0 saturated heterocycles. The van der Waals surface area contributed by atoms with Crippen molar-refractivity contribution in [3.63, 3.8) is 0 Å². The zero-order valence-electron chi connectivity index (χ0n) is 26.9. The highest BCUT2D eigenvalue weighted by molar-refractivity contribution is 6.22. The molecule has 0 atom stereocenters. The highest BCUT2D eigenvalue weighted by Gasteiger charge is 2.43. The van der Waals surface area contributed by atoms with Crippen LogP contribution in [0.2, 0.25) is 0 Å². The number of allylic oxidation sites excluding steroid dienone is 4. The highest BCUT2D eigenvalue weighted by Crippen LogP contribution is 2.59. The van der Waals surface area contributed by atoms with E-state index in [1.807, 2.05) is 26.0 Å². The average Bonchev–Trinajstić information content (AvgIpc) is 3.67. The van der Waals surface area contributed by atoms with Gasteiger partial charge in [0.2, 0.25) is 0 Å². The van der Waals surface area contributed by atoms with Gasteiger partial charge in [-0.2, -0.15) is 0 Å². The first-order valence-corrected chi connectivity index (χ1v) is 16.2. The summed E-state index contributed by atoms with van der Waals surface area (Å²) in [6.45, 7) is 12.4. The van der Waals surface area contributed by atoms with Gasteiger partial charge in [-0.05, 0) is 106 Å². The van der Waals surface area contributed by atoms with Gasteiger partial charge in [0.25, 0.3) is 0 Å². The molecule has 1 heteroatoms. The zero-order valence-corrected chi connectivity index (χ0v) is 26.9. The third-order valence-electron chi connectivity index (χ3n) is 9.75. The number of rotatable bonds is 3. The lowest BCUT2D eigenvalue weighted by molar-refractivity contribution is 0.705. The molecule has 46 heavy (non-hydrogen) atoms. The lowest BCUT2D eigenvalue weighted by atomic mass is 9.78. The summed E-state index contributed by atoms with van der Waals surface area (Å²) in [6.07, 6.45) is 3.95. The van der Waals surface area contributed by atoms with Crippen LogP contribution < -0.4 is 0 Å². The van der Waals surface area contributed by atoms with Crippen LogP contribution in [0.3, 0.4) is 0 Å². The van der Waals surface area contributed by atoms with Crippen LogP contribution in [0.5, 0.6) is 0 Å². The van der Waals surface area contributed by atoms with Gasteiger partial charge in [-0.3, -0.25) is 0 Å². The predicted octanol–water partition coefficient (Wildman–Crippen LogP) is 12.3. The molecule has 0 fully saturated rings. The number of fused-ring (bicyclic) bond motifs is 7. The molecular weight excluding hydrogens is 555 g/mol. The molecule has 0 N–H and O–H groups in total. The summed E-state index contributed by atoms with van der Waals surface area (Å²) in [4.78, 5) is 0. The highest BCUT2D eigenvalue weighted by atomic mass is 15.0. The normalized spacial score (nSPS) is 14.2. The van der Waals surface area contributed by atoms with Gasteiger partial charge in [-0.1, -0.05) is 129 Å². The summed E-state index contributed by atoms with van der Waals surface area (Å²) in [5, 5.41) is 5.32. The van der Waals surface area contributed by atoms with Crippen LogP contribution in [0.25, 0.3) is 60.5 Å². The van der Waals surface area contributed by atoms with E-state index in [0.717, 1.165) is 5.57 Å². The van der Waals surface area contributed by atoms with Crippen molar-refractivity contribution < 1.29 is 0 Å². The molecule has 2 aliphatic carbocycles. The molecule has 1 aromatic heterocycles. The molecule has 0 saturated carbocycles. The van der Waals surface area contributed by atoms with Crippen molar-refractivity contribution in [3.05, 3.63) is 174 Å². The number of para-hydroxylation sites is 2. The van der Waals surface area contributed by atoms with Crippen molar-refractivity contribution in [3.8, 4) is 16.8 Å². The van der Waals surface area contributed by atoms with Gasteiger partial charge >= 0.3 is 0 Å². The third-order valence-corrected chi connectivity index (χ3v) is 9.75. The Hall–Kier alpha value is -5.40. The Kier molecular flexibility index (Phi) is 6.48. The fourth-order valence-electron chi connectivity index (χ4n) is 7.86. The zero-order chi connectivity index (χ0) is 31.6. The Morgan fingerprint density at radius 3 is 2.07 bits per heavy atom. The summed E-state index contributed by atoms with van der Waals surface area (Å²) in [7, 11) is 0. The lowest BCUT2D eigenvalue weighted by Crippen LogP contribution is -2.16. The van der Waals surface area contributed by atoms with Crippen molar-refractivity contribution in [2.45, 2.75) is 33.1 Å². The molecule has 7 aromatic rings. The molecule has 6 aromatic carbocycles. The van der Waals surface area contributed by atoms with Crippen LogP contribution in [0.1, 0.15) is 49.9 Å². The Morgan fingerprint density at radius 2 is 1.33 bits per heavy atom. The quantitative estimate of drug-likeness (QED) is 0.180. The Balaban J connectivity index is 0.000000478. The van der Waals surface area contributed by atoms with E-state index in [2.05, 4.69) is 152 Å². The number of benzene rings is 6. The Bertz CT molecular complexity index is 2400. The second-order valence-electron chi connectivity index (χ2n) is 13.1. The van der Waals surface area contributed by atoms with E-state index in [1.165, 1.54) is 82.8 Å². The largest absolute Gasteiger partial charge is 0.309 e. The van der Waals surface area contributed by atoms with E-state index in [-0.39, 0.29) is 5.41 Å². The standard InChI is InChI=1S/C39H27N.C6H10/c1-39(2)33-20-18-25(23-32(33)37-29-15-8-10-24-11-9-16-30(36(24)29)38(37)39)26-19-21-35-31(22-26)28-14-6-7-17-34(28)40(35)27-12-4-3-5-13-27;1-4-5-6(2)3/h3-23H,1-2H3;4-5H,2H2,1,3H3/b;5-4-. The van der Waals surface area contributed by atoms with E-state index < -0.39 is 0 Å². The van der Waals surface area contributed by atoms with Crippen LogP contribution in [0.15, 0.2) is 152 Å². The SMILES string of the molecule is C=C(C)/C=C\C.CC1(C)C2=C(c3cc(-c4ccc5c(c4)c4ccccc4n5-c4ccccc4)ccc31)c1cccc3cccc2c13. The second-order valence-corrected chi connectivity index (χ2v) is 13.1. The fourth-order valence-corrected chi connectivity index (χ4v) is 7.86. The summed E-state index contributed by atoms with van der Waals surface area (Å²) in [5.74, 6) is 0. The van der Waals surface area contributed by atoms with Crippen molar-refractivity contribution in [1.29, 1.82) is 0 Å². The molecule has 1 heterocycles. The first kappa shape index (κ1) is 28.1. The summed E-state index contributed by atoms with van der Waals surface area (Å²) >= 11 is 0. The topological polar surface area (TPSA) is 4.93 Å². The molecular formula is C45H37N. The Morgan fingerprint density at radius 1 is 0.652 bits per heavy atom. The Labute approximate surface area is 271 Å². The van der Waals surface area contributed by atoms with E-state index in [9.17, 15) is 0 Å². The van der Waals surface area contributed by atoms with Crippen LogP contribution in [-0.4, -0.2) is 4.57 Å². The molecule has 0 amide bonds. The van der Waals surface area contributed by atoms with Gasteiger partial charge in [0.05, 0.1) is 11.0 Å². The maximum absolute atomic E-state index is 3.66. The number of hydrogen-bond acceptors (Lipinski definition) is 0. The van der Waals surface area contributed by atoms with Crippen molar-refractivity contribution in [2.75, 3.05) is 0 Å². The molecule has 0 unspecified atom stereocenters. The average molecular weight is 592 g/mol. The smallest absolute Gasteiger partial charge is 0.0541 e. The molecule has 0 bridgehead atoms. The molecule has 1 nitrogen and oxygen atoms in total. The van der Waals surface area contributed by atoms with Gasteiger partial charge in [0.1, 0.15) is 0 Å². The number of nitrogens with zero attached hydrogens (tertiary/aromatic N) is 1. The minimum absolute atomic E-state index is 0.0381. The van der Waals surface area contributed by atoms with E-state index in [4.69, 9.17) is 0 Å². The van der Waals surface area contributed by atoms with E-state index in [1.54, 1.807) is 0 Å². The third kappa shape index (κ3) is 4.16. The number of hydrogen-bond donors (Lipinski definition) is 0. The predicted molar refractivity (Wildman–Crippen MR) is 199 cm³/mol.